The smallest absolute Gasteiger partial charge is 0.493 e. The lowest BCUT2D eigenvalue weighted by Crippen LogP contribution is -2.51. The van der Waals surface area contributed by atoms with E-state index in [1.807, 2.05) is 38.1 Å². The average molecular weight is 384 g/mol. The van der Waals surface area contributed by atoms with Gasteiger partial charge in [0.05, 0.1) is 19.8 Å². The van der Waals surface area contributed by atoms with Crippen LogP contribution < -0.4 is 9.47 Å². The highest BCUT2D eigenvalue weighted by molar-refractivity contribution is 6.58. The number of fused-ring (bicyclic) bond motifs is 2. The van der Waals surface area contributed by atoms with E-state index in [9.17, 15) is 0 Å². The molecule has 1 aromatic heterocycles. The fraction of sp³-hybridized carbons (Fsp3) is 0.286. The summed E-state index contributed by atoms with van der Waals surface area (Å²) in [6, 6.07) is 7.37. The summed E-state index contributed by atoms with van der Waals surface area (Å²) in [5, 5.41) is 0. The molecule has 0 unspecified atom stereocenters. The van der Waals surface area contributed by atoms with Crippen molar-refractivity contribution < 1.29 is 22.6 Å². The first-order valence-electron chi connectivity index (χ1n) is 9.22. The number of benzene rings is 1. The van der Waals surface area contributed by atoms with Crippen molar-refractivity contribution in [3.05, 3.63) is 64.1 Å². The maximum atomic E-state index is 15.7. The standard InChI is InChI=1S/C21H23BF2N2O2/c1-12-10-14(3)25-19(12)18(16-8-7-9-17(27-5)21(16)28-6)20-13(2)11-15(4)26(20)22(25,23)24/h7-11H,1-6H3. The Morgan fingerprint density at radius 3 is 2.39 bits per heavy atom. The number of allylic oxidation sites excluding steroid dienone is 2. The molecule has 0 N–H and O–H groups in total. The number of aryl methyl sites for hydroxylation is 2. The largest absolute Gasteiger partial charge is 0.737 e. The van der Waals surface area contributed by atoms with Crippen molar-refractivity contribution in [3.63, 3.8) is 0 Å². The van der Waals surface area contributed by atoms with Gasteiger partial charge < -0.3 is 27.1 Å². The molecule has 0 saturated carbocycles. The zero-order valence-electron chi connectivity index (χ0n) is 16.9. The minimum absolute atomic E-state index is 0.530. The first-order chi connectivity index (χ1) is 13.2. The van der Waals surface area contributed by atoms with Gasteiger partial charge in [0.25, 0.3) is 0 Å². The molecule has 2 aliphatic rings. The summed E-state index contributed by atoms with van der Waals surface area (Å²) in [7, 11) is 3.14. The predicted molar refractivity (Wildman–Crippen MR) is 108 cm³/mol. The molecule has 1 aromatic carbocycles. The van der Waals surface area contributed by atoms with E-state index in [0.29, 0.717) is 34.3 Å². The Kier molecular flexibility index (Phi) is 4.03. The minimum atomic E-state index is -3.99. The molecule has 0 radical (unpaired) electrons. The van der Waals surface area contributed by atoms with Crippen LogP contribution in [0.1, 0.15) is 36.4 Å². The Morgan fingerprint density at radius 2 is 1.75 bits per heavy atom. The highest BCUT2D eigenvalue weighted by atomic mass is 19.2. The van der Waals surface area contributed by atoms with E-state index in [1.54, 1.807) is 34.1 Å². The third-order valence-electron chi connectivity index (χ3n) is 5.61. The molecule has 28 heavy (non-hydrogen) atoms. The summed E-state index contributed by atoms with van der Waals surface area (Å²) in [5.74, 6) is 1.10. The number of hydrogen-bond acceptors (Lipinski definition) is 2. The molecular weight excluding hydrogens is 361 g/mol. The van der Waals surface area contributed by atoms with E-state index >= 15 is 8.63 Å². The van der Waals surface area contributed by atoms with Crippen LogP contribution in [0.2, 0.25) is 0 Å². The second-order valence-electron chi connectivity index (χ2n) is 7.38. The predicted octanol–water partition coefficient (Wildman–Crippen LogP) is 4.55. The van der Waals surface area contributed by atoms with Gasteiger partial charge in [0, 0.05) is 29.8 Å². The van der Waals surface area contributed by atoms with Crippen LogP contribution in [0.4, 0.5) is 8.63 Å². The van der Waals surface area contributed by atoms with Gasteiger partial charge in [-0.3, -0.25) is 0 Å². The van der Waals surface area contributed by atoms with Gasteiger partial charge in [-0.25, -0.2) is 0 Å². The second kappa shape index (κ2) is 6.09. The molecule has 146 valence electrons. The summed E-state index contributed by atoms with van der Waals surface area (Å²) in [6.07, 6.45) is 1.81. The van der Waals surface area contributed by atoms with Crippen LogP contribution >= 0.6 is 0 Å². The topological polar surface area (TPSA) is 26.4 Å². The fourth-order valence-corrected chi connectivity index (χ4v) is 4.64. The molecule has 0 bridgehead atoms. The van der Waals surface area contributed by atoms with Crippen molar-refractivity contribution in [2.24, 2.45) is 0 Å². The Morgan fingerprint density at radius 1 is 1.04 bits per heavy atom. The number of rotatable bonds is 3. The van der Waals surface area contributed by atoms with Crippen LogP contribution in [-0.2, 0) is 0 Å². The SMILES string of the molecule is COc1cccc(C2=C3C(C)=CC(C)=[N+]3[B-](F)(F)n3c(C)cc(C)c32)c1OC. The van der Waals surface area contributed by atoms with Crippen molar-refractivity contribution >= 4 is 18.3 Å². The molecule has 2 aliphatic heterocycles. The molecule has 2 aromatic rings. The lowest BCUT2D eigenvalue weighted by atomic mass is 9.83. The Balaban J connectivity index is 2.20. The van der Waals surface area contributed by atoms with Crippen LogP contribution in [0, 0.1) is 13.8 Å². The highest BCUT2D eigenvalue weighted by Gasteiger charge is 2.55. The van der Waals surface area contributed by atoms with Gasteiger partial charge in [-0.2, -0.15) is 0 Å². The number of methoxy groups -OCH3 is 2. The molecule has 0 spiro atoms. The monoisotopic (exact) mass is 384 g/mol. The van der Waals surface area contributed by atoms with Gasteiger partial charge in [-0.05, 0) is 44.2 Å². The lowest BCUT2D eigenvalue weighted by molar-refractivity contribution is -0.363. The van der Waals surface area contributed by atoms with E-state index in [1.165, 1.54) is 8.96 Å². The Bertz CT molecular complexity index is 1110. The zero-order valence-corrected chi connectivity index (χ0v) is 16.9. The van der Waals surface area contributed by atoms with Gasteiger partial charge in [-0.1, -0.05) is 12.1 Å². The van der Waals surface area contributed by atoms with Crippen molar-refractivity contribution in [1.82, 2.24) is 4.48 Å². The summed E-state index contributed by atoms with van der Waals surface area (Å²) < 4.78 is 44.8. The minimum Gasteiger partial charge on any atom is -0.493 e. The molecule has 0 amide bonds. The third kappa shape index (κ3) is 2.25. The highest BCUT2D eigenvalue weighted by Crippen LogP contribution is 2.47. The molecule has 4 rings (SSSR count). The van der Waals surface area contributed by atoms with Crippen LogP contribution in [-0.4, -0.2) is 35.9 Å². The fourth-order valence-electron chi connectivity index (χ4n) is 4.64. The van der Waals surface area contributed by atoms with Gasteiger partial charge >= 0.3 is 6.97 Å². The van der Waals surface area contributed by atoms with Gasteiger partial charge in [0.1, 0.15) is 5.71 Å². The number of nitrogens with zero attached hydrogens (tertiary/aromatic N) is 2. The van der Waals surface area contributed by atoms with Gasteiger partial charge in [0.15, 0.2) is 17.2 Å². The zero-order chi connectivity index (χ0) is 20.4. The Hall–Kier alpha value is -2.83. The van der Waals surface area contributed by atoms with Crippen LogP contribution in [0.15, 0.2) is 41.6 Å². The first kappa shape index (κ1) is 18.5. The molecule has 0 saturated heterocycles. The van der Waals surface area contributed by atoms with Gasteiger partial charge in [-0.15, -0.1) is 0 Å². The van der Waals surface area contributed by atoms with Crippen LogP contribution in [0.25, 0.3) is 5.57 Å². The third-order valence-corrected chi connectivity index (χ3v) is 5.61. The van der Waals surface area contributed by atoms with Crippen LogP contribution in [0.5, 0.6) is 11.5 Å². The van der Waals surface area contributed by atoms with E-state index in [-0.39, 0.29) is 0 Å². The molecular formula is C21H23BF2N2O2. The van der Waals surface area contributed by atoms with Crippen molar-refractivity contribution in [3.8, 4) is 11.5 Å². The summed E-state index contributed by atoms with van der Waals surface area (Å²) >= 11 is 0. The molecule has 3 heterocycles. The number of para-hydroxylation sites is 1. The number of halogens is 2. The molecule has 0 fully saturated rings. The number of ether oxygens (including phenoxy) is 2. The lowest BCUT2D eigenvalue weighted by Gasteiger charge is -2.34. The summed E-state index contributed by atoms with van der Waals surface area (Å²) in [4.78, 5) is 0. The van der Waals surface area contributed by atoms with Crippen molar-refractivity contribution in [2.75, 3.05) is 14.2 Å². The van der Waals surface area contributed by atoms with Crippen molar-refractivity contribution in [1.29, 1.82) is 0 Å². The molecule has 7 heteroatoms. The van der Waals surface area contributed by atoms with Crippen LogP contribution in [0.3, 0.4) is 0 Å². The molecule has 0 atom stereocenters. The average Bonchev–Trinajstić information content (AvgIpc) is 3.11. The van der Waals surface area contributed by atoms with E-state index < -0.39 is 6.97 Å². The summed E-state index contributed by atoms with van der Waals surface area (Å²) in [6.45, 7) is 3.21. The van der Waals surface area contributed by atoms with E-state index in [2.05, 4.69) is 0 Å². The molecule has 4 nitrogen and oxygen atoms in total. The van der Waals surface area contributed by atoms with E-state index in [0.717, 1.165) is 22.3 Å². The van der Waals surface area contributed by atoms with Gasteiger partial charge in [0.2, 0.25) is 0 Å². The van der Waals surface area contributed by atoms with Crippen molar-refractivity contribution in [2.45, 2.75) is 27.7 Å². The Labute approximate surface area is 163 Å². The summed E-state index contributed by atoms with van der Waals surface area (Å²) in [5.41, 5.74) is 5.22. The molecule has 0 aliphatic carbocycles. The maximum Gasteiger partial charge on any atom is 0.737 e. The quantitative estimate of drug-likeness (QED) is 0.726. The first-order valence-corrected chi connectivity index (χ1v) is 9.22. The normalized spacial score (nSPS) is 17.5. The number of aromatic nitrogens is 1. The maximum absolute atomic E-state index is 15.7. The number of hydrogen-bond donors (Lipinski definition) is 0. The van der Waals surface area contributed by atoms with E-state index in [4.69, 9.17) is 9.47 Å². The second-order valence-corrected chi connectivity index (χ2v) is 7.38.